The van der Waals surface area contributed by atoms with E-state index in [4.69, 9.17) is 9.47 Å². The molecule has 0 fully saturated rings. The summed E-state index contributed by atoms with van der Waals surface area (Å²) in [5.41, 5.74) is 2.96. The molecule has 0 aliphatic carbocycles. The molecule has 5 heteroatoms. The number of rotatable bonds is 2. The number of esters is 1. The van der Waals surface area contributed by atoms with Crippen molar-refractivity contribution in [1.82, 2.24) is 4.98 Å². The van der Waals surface area contributed by atoms with E-state index < -0.39 is 5.97 Å². The Labute approximate surface area is 145 Å². The zero-order valence-electron chi connectivity index (χ0n) is 13.8. The Hall–Kier alpha value is -3.21. The van der Waals surface area contributed by atoms with E-state index in [2.05, 4.69) is 4.98 Å². The lowest BCUT2D eigenvalue weighted by atomic mass is 9.96. The van der Waals surface area contributed by atoms with Gasteiger partial charge in [0.1, 0.15) is 6.61 Å². The predicted octanol–water partition coefficient (Wildman–Crippen LogP) is 3.06. The van der Waals surface area contributed by atoms with Gasteiger partial charge >= 0.3 is 5.97 Å². The van der Waals surface area contributed by atoms with Crippen LogP contribution >= 0.6 is 0 Å². The lowest BCUT2D eigenvalue weighted by Gasteiger charge is -2.11. The van der Waals surface area contributed by atoms with Gasteiger partial charge in [-0.05, 0) is 29.3 Å². The van der Waals surface area contributed by atoms with Crippen LogP contribution in [0.1, 0.15) is 27.2 Å². The van der Waals surface area contributed by atoms with E-state index in [1.54, 1.807) is 6.07 Å². The number of aromatic nitrogens is 1. The van der Waals surface area contributed by atoms with Crippen LogP contribution in [0.2, 0.25) is 0 Å². The first kappa shape index (κ1) is 16.6. The number of ether oxygens (including phenoxy) is 2. The average Bonchev–Trinajstić information content (AvgIpc) is 2.65. The lowest BCUT2D eigenvalue weighted by molar-refractivity contribution is -0.113. The Kier molecular flexibility index (Phi) is 5.04. The molecule has 0 amide bonds. The number of allylic oxidation sites excluding steroid dienone is 1. The minimum Gasteiger partial charge on any atom is -0.496 e. The quantitative estimate of drug-likeness (QED) is 0.789. The van der Waals surface area contributed by atoms with Gasteiger partial charge in [0.2, 0.25) is 0 Å². The average molecular weight is 335 g/mol. The van der Waals surface area contributed by atoms with Crippen molar-refractivity contribution in [2.24, 2.45) is 0 Å². The molecular weight excluding hydrogens is 318 g/mol. The third-order valence-corrected chi connectivity index (χ3v) is 3.85. The van der Waals surface area contributed by atoms with Crippen molar-refractivity contribution in [3.8, 4) is 0 Å². The van der Waals surface area contributed by atoms with E-state index in [0.717, 1.165) is 11.1 Å². The van der Waals surface area contributed by atoms with Crippen LogP contribution in [0.15, 0.2) is 54.9 Å². The molecule has 0 radical (unpaired) electrons. The van der Waals surface area contributed by atoms with Gasteiger partial charge in [0.25, 0.3) is 0 Å². The van der Waals surface area contributed by atoms with E-state index in [0.29, 0.717) is 23.4 Å². The summed E-state index contributed by atoms with van der Waals surface area (Å²) in [6, 6.07) is 10.8. The van der Waals surface area contributed by atoms with Crippen LogP contribution in [-0.2, 0) is 20.7 Å². The molecule has 2 aromatic rings. The van der Waals surface area contributed by atoms with Crippen molar-refractivity contribution in [3.05, 3.63) is 77.3 Å². The maximum Gasteiger partial charge on any atom is 0.337 e. The maximum atomic E-state index is 12.8. The van der Waals surface area contributed by atoms with E-state index in [9.17, 15) is 9.59 Å². The number of benzene rings is 1. The Morgan fingerprint density at radius 2 is 2.08 bits per heavy atom. The smallest absolute Gasteiger partial charge is 0.337 e. The number of methoxy groups -OCH3 is 1. The highest BCUT2D eigenvalue weighted by atomic mass is 16.5. The molecule has 5 nitrogen and oxygen atoms in total. The largest absolute Gasteiger partial charge is 0.496 e. The Morgan fingerprint density at radius 1 is 1.24 bits per heavy atom. The van der Waals surface area contributed by atoms with Crippen molar-refractivity contribution in [3.63, 3.8) is 0 Å². The minimum absolute atomic E-state index is 0.128. The van der Waals surface area contributed by atoms with E-state index >= 15 is 0 Å². The van der Waals surface area contributed by atoms with Gasteiger partial charge in [-0.3, -0.25) is 9.78 Å². The van der Waals surface area contributed by atoms with Crippen molar-refractivity contribution in [2.75, 3.05) is 13.7 Å². The standard InChI is InChI=1S/C20H17NO4/c1-24-20(23)16-8-9-21-18(11-16)17-13-25-10-4-7-14-5-2-3-6-15(14)12-19(17)22/h2-9,11,13H,10,12H2,1H3/b7-4-,17-13-. The summed E-state index contributed by atoms with van der Waals surface area (Å²) in [6.07, 6.45) is 6.94. The first-order valence-electron chi connectivity index (χ1n) is 7.83. The number of carbonyl (C=O) groups excluding carboxylic acids is 2. The van der Waals surface area contributed by atoms with Crippen LogP contribution in [0.3, 0.4) is 0 Å². The molecule has 1 aliphatic rings. The molecule has 0 saturated heterocycles. The van der Waals surface area contributed by atoms with Gasteiger partial charge in [-0.25, -0.2) is 4.79 Å². The number of pyridine rings is 1. The van der Waals surface area contributed by atoms with Crippen molar-refractivity contribution in [1.29, 1.82) is 0 Å². The summed E-state index contributed by atoms with van der Waals surface area (Å²) in [6.45, 7) is 0.335. The van der Waals surface area contributed by atoms with E-state index in [1.165, 1.54) is 25.6 Å². The third-order valence-electron chi connectivity index (χ3n) is 3.85. The van der Waals surface area contributed by atoms with Gasteiger partial charge in [0.05, 0.1) is 30.2 Å². The molecule has 0 N–H and O–H groups in total. The van der Waals surface area contributed by atoms with Gasteiger partial charge in [0.15, 0.2) is 5.78 Å². The molecule has 25 heavy (non-hydrogen) atoms. The second kappa shape index (κ2) is 7.57. The molecule has 1 aromatic heterocycles. The topological polar surface area (TPSA) is 65.5 Å². The van der Waals surface area contributed by atoms with Crippen molar-refractivity contribution in [2.45, 2.75) is 6.42 Å². The van der Waals surface area contributed by atoms with Crippen LogP contribution in [0, 0.1) is 0 Å². The molecule has 2 heterocycles. The van der Waals surface area contributed by atoms with Crippen molar-refractivity contribution < 1.29 is 19.1 Å². The molecule has 0 bridgehead atoms. The predicted molar refractivity (Wildman–Crippen MR) is 93.7 cm³/mol. The molecule has 126 valence electrons. The summed E-state index contributed by atoms with van der Waals surface area (Å²) in [4.78, 5) is 28.8. The van der Waals surface area contributed by atoms with Gasteiger partial charge in [0, 0.05) is 12.6 Å². The zero-order chi connectivity index (χ0) is 17.6. The third kappa shape index (κ3) is 3.83. The SMILES string of the molecule is COC(=O)c1ccnc(/C2=C/OC/C=C\c3ccccc3CC2=O)c1. The number of ketones is 1. The fourth-order valence-corrected chi connectivity index (χ4v) is 2.58. The molecular formula is C20H17NO4. The molecule has 1 aliphatic heterocycles. The molecule has 3 rings (SSSR count). The summed E-state index contributed by atoms with van der Waals surface area (Å²) in [5.74, 6) is -0.608. The fraction of sp³-hybridized carbons (Fsp3) is 0.150. The van der Waals surface area contributed by atoms with Gasteiger partial charge < -0.3 is 9.47 Å². The second-order valence-corrected chi connectivity index (χ2v) is 5.49. The maximum absolute atomic E-state index is 12.8. The lowest BCUT2D eigenvalue weighted by Crippen LogP contribution is -2.11. The number of nitrogens with zero attached hydrogens (tertiary/aromatic N) is 1. The minimum atomic E-state index is -0.481. The highest BCUT2D eigenvalue weighted by Crippen LogP contribution is 2.21. The van der Waals surface area contributed by atoms with Gasteiger partial charge in [-0.15, -0.1) is 0 Å². The van der Waals surface area contributed by atoms with E-state index in [-0.39, 0.29) is 12.2 Å². The van der Waals surface area contributed by atoms with Gasteiger partial charge in [-0.2, -0.15) is 0 Å². The number of fused-ring (bicyclic) bond motifs is 1. The summed E-state index contributed by atoms with van der Waals surface area (Å²) in [5, 5.41) is 0. The van der Waals surface area contributed by atoms with Gasteiger partial charge in [-0.1, -0.05) is 30.3 Å². The number of hydrogen-bond donors (Lipinski definition) is 0. The monoisotopic (exact) mass is 335 g/mol. The first-order valence-corrected chi connectivity index (χ1v) is 7.83. The normalized spacial score (nSPS) is 17.5. The Bertz CT molecular complexity index is 868. The highest BCUT2D eigenvalue weighted by molar-refractivity contribution is 6.21. The summed E-state index contributed by atoms with van der Waals surface area (Å²) < 4.78 is 10.2. The molecule has 1 aromatic carbocycles. The fourth-order valence-electron chi connectivity index (χ4n) is 2.58. The van der Waals surface area contributed by atoms with Crippen LogP contribution in [0.25, 0.3) is 11.6 Å². The summed E-state index contributed by atoms with van der Waals surface area (Å²) in [7, 11) is 1.31. The number of Topliss-reactive ketones (excluding diaryl/α,β-unsaturated/α-hetero) is 1. The number of hydrogen-bond acceptors (Lipinski definition) is 5. The molecule has 0 spiro atoms. The second-order valence-electron chi connectivity index (χ2n) is 5.49. The Balaban J connectivity index is 1.98. The zero-order valence-corrected chi connectivity index (χ0v) is 13.8. The van der Waals surface area contributed by atoms with Crippen LogP contribution in [0.5, 0.6) is 0 Å². The van der Waals surface area contributed by atoms with Crippen molar-refractivity contribution >= 4 is 23.4 Å². The first-order chi connectivity index (χ1) is 12.2. The van der Waals surface area contributed by atoms with Crippen LogP contribution in [-0.4, -0.2) is 30.5 Å². The molecule has 0 saturated carbocycles. The van der Waals surface area contributed by atoms with E-state index in [1.807, 2.05) is 36.4 Å². The number of carbonyl (C=O) groups is 2. The molecule has 0 atom stereocenters. The highest BCUT2D eigenvalue weighted by Gasteiger charge is 2.18. The molecule has 0 unspecified atom stereocenters. The van der Waals surface area contributed by atoms with Crippen LogP contribution < -0.4 is 0 Å². The van der Waals surface area contributed by atoms with Crippen LogP contribution in [0.4, 0.5) is 0 Å². The summed E-state index contributed by atoms with van der Waals surface area (Å²) >= 11 is 0. The Morgan fingerprint density at radius 3 is 2.92 bits per heavy atom.